The lowest BCUT2D eigenvalue weighted by molar-refractivity contribution is -0.0734. The Morgan fingerprint density at radius 2 is 2.25 bits per heavy atom. The highest BCUT2D eigenvalue weighted by Gasteiger charge is 2.32. The Balaban J connectivity index is 2.02. The highest BCUT2D eigenvalue weighted by Crippen LogP contribution is 2.21. The second kappa shape index (κ2) is 5.99. The smallest absolute Gasteiger partial charge is 0.272 e. The van der Waals surface area contributed by atoms with Gasteiger partial charge in [-0.25, -0.2) is 4.98 Å². The molecule has 0 spiro atoms. The number of nitriles is 1. The molecule has 20 heavy (non-hydrogen) atoms. The van der Waals surface area contributed by atoms with Gasteiger partial charge in [-0.1, -0.05) is 0 Å². The number of likely N-dealkylation sites (N-methyl/N-ethyl adjacent to an activating group) is 1. The van der Waals surface area contributed by atoms with Crippen molar-refractivity contribution in [3.8, 4) is 6.07 Å². The lowest BCUT2D eigenvalue weighted by Gasteiger charge is -2.35. The Hall–Kier alpha value is -1.97. The second-order valence-corrected chi connectivity index (χ2v) is 5.04. The van der Waals surface area contributed by atoms with Crippen LogP contribution in [0.4, 0.5) is 0 Å². The van der Waals surface area contributed by atoms with Crippen LogP contribution in [0.15, 0.2) is 18.3 Å². The molecule has 2 rings (SSSR count). The summed E-state index contributed by atoms with van der Waals surface area (Å²) in [6, 6.07) is 5.02. The summed E-state index contributed by atoms with van der Waals surface area (Å²) < 4.78 is 5.21. The van der Waals surface area contributed by atoms with Gasteiger partial charge < -0.3 is 14.7 Å². The molecule has 0 atom stereocenters. The van der Waals surface area contributed by atoms with Crippen LogP contribution in [0.25, 0.3) is 0 Å². The number of carbonyl (C=O) groups excluding carboxylic acids is 1. The number of hydrogen-bond acceptors (Lipinski definition) is 5. The van der Waals surface area contributed by atoms with Crippen LogP contribution in [0.5, 0.6) is 0 Å². The third-order valence-corrected chi connectivity index (χ3v) is 3.41. The van der Waals surface area contributed by atoms with Crippen LogP contribution in [-0.4, -0.2) is 53.3 Å². The van der Waals surface area contributed by atoms with Crippen molar-refractivity contribution in [2.75, 3.05) is 26.8 Å². The predicted molar refractivity (Wildman–Crippen MR) is 70.9 cm³/mol. The highest BCUT2D eigenvalue weighted by atomic mass is 16.5. The van der Waals surface area contributed by atoms with E-state index in [-0.39, 0.29) is 18.1 Å². The number of pyridine rings is 1. The Kier molecular flexibility index (Phi) is 4.32. The molecule has 0 aromatic carbocycles. The number of aromatic nitrogens is 1. The quantitative estimate of drug-likeness (QED) is 0.871. The van der Waals surface area contributed by atoms with Crippen LogP contribution in [0.3, 0.4) is 0 Å². The number of carbonyl (C=O) groups is 1. The Morgan fingerprint density at radius 3 is 2.80 bits per heavy atom. The van der Waals surface area contributed by atoms with E-state index in [2.05, 4.69) is 4.98 Å². The second-order valence-electron chi connectivity index (χ2n) is 5.04. The van der Waals surface area contributed by atoms with Crippen LogP contribution in [0, 0.1) is 11.3 Å². The number of rotatable bonds is 3. The van der Waals surface area contributed by atoms with E-state index in [1.165, 1.54) is 17.2 Å². The summed E-state index contributed by atoms with van der Waals surface area (Å²) in [5.41, 5.74) is -0.218. The number of ether oxygens (including phenoxy) is 1. The minimum Gasteiger partial charge on any atom is -0.388 e. The van der Waals surface area contributed by atoms with Crippen molar-refractivity contribution in [3.63, 3.8) is 0 Å². The minimum absolute atomic E-state index is 0.247. The van der Waals surface area contributed by atoms with E-state index in [0.717, 1.165) is 0 Å². The molecule has 1 aliphatic rings. The van der Waals surface area contributed by atoms with E-state index in [9.17, 15) is 9.90 Å². The van der Waals surface area contributed by atoms with Gasteiger partial charge in [0, 0.05) is 45.8 Å². The van der Waals surface area contributed by atoms with E-state index in [1.807, 2.05) is 6.07 Å². The summed E-state index contributed by atoms with van der Waals surface area (Å²) in [5.74, 6) is -0.269. The summed E-state index contributed by atoms with van der Waals surface area (Å²) in [5, 5.41) is 19.1. The Labute approximate surface area is 117 Å². The molecule has 0 saturated carbocycles. The van der Waals surface area contributed by atoms with Gasteiger partial charge in [0.05, 0.1) is 11.2 Å². The summed E-state index contributed by atoms with van der Waals surface area (Å²) in [6.45, 7) is 1.26. The summed E-state index contributed by atoms with van der Waals surface area (Å²) in [7, 11) is 1.63. The fraction of sp³-hybridized carbons (Fsp3) is 0.500. The molecule has 1 aromatic rings. The van der Waals surface area contributed by atoms with Gasteiger partial charge in [-0.15, -0.1) is 0 Å². The van der Waals surface area contributed by atoms with Crippen LogP contribution >= 0.6 is 0 Å². The van der Waals surface area contributed by atoms with Crippen molar-refractivity contribution in [3.05, 3.63) is 29.6 Å². The van der Waals surface area contributed by atoms with E-state index in [0.29, 0.717) is 31.6 Å². The molecule has 1 fully saturated rings. The zero-order valence-corrected chi connectivity index (χ0v) is 11.4. The third kappa shape index (κ3) is 3.32. The average molecular weight is 275 g/mol. The van der Waals surface area contributed by atoms with Crippen molar-refractivity contribution in [1.82, 2.24) is 9.88 Å². The van der Waals surface area contributed by atoms with Crippen LogP contribution < -0.4 is 0 Å². The number of aliphatic hydroxyl groups is 1. The normalized spacial score (nSPS) is 17.2. The first-order chi connectivity index (χ1) is 9.54. The minimum atomic E-state index is -0.894. The van der Waals surface area contributed by atoms with Gasteiger partial charge in [0.25, 0.3) is 5.91 Å². The van der Waals surface area contributed by atoms with Gasteiger partial charge in [-0.05, 0) is 12.1 Å². The molecule has 1 aliphatic heterocycles. The Morgan fingerprint density at radius 1 is 1.55 bits per heavy atom. The molecule has 0 bridgehead atoms. The molecule has 0 radical (unpaired) electrons. The molecule has 1 aromatic heterocycles. The summed E-state index contributed by atoms with van der Waals surface area (Å²) in [4.78, 5) is 17.6. The molecular formula is C14H17N3O3. The first-order valence-corrected chi connectivity index (χ1v) is 6.46. The first-order valence-electron chi connectivity index (χ1n) is 6.46. The molecule has 1 saturated heterocycles. The number of hydrogen-bond donors (Lipinski definition) is 1. The monoisotopic (exact) mass is 275 g/mol. The van der Waals surface area contributed by atoms with Gasteiger partial charge in [-0.3, -0.25) is 4.79 Å². The molecule has 6 nitrogen and oxygen atoms in total. The lowest BCUT2D eigenvalue weighted by atomic mass is 9.94. The maximum atomic E-state index is 12.2. The average Bonchev–Trinajstić information content (AvgIpc) is 2.47. The zero-order chi connectivity index (χ0) is 14.6. The predicted octanol–water partition coefficient (Wildman–Crippen LogP) is 0.567. The SMILES string of the molecule is CN(CC1(O)CCOCC1)C(=O)c1ccc(C#N)cn1. The molecule has 1 N–H and O–H groups in total. The zero-order valence-electron chi connectivity index (χ0n) is 11.4. The van der Waals surface area contributed by atoms with Crippen molar-refractivity contribution >= 4 is 5.91 Å². The van der Waals surface area contributed by atoms with Crippen LogP contribution in [0.1, 0.15) is 28.9 Å². The van der Waals surface area contributed by atoms with Gasteiger partial charge >= 0.3 is 0 Å². The molecule has 106 valence electrons. The molecule has 1 amide bonds. The first kappa shape index (κ1) is 14.4. The van der Waals surface area contributed by atoms with Gasteiger partial charge in [-0.2, -0.15) is 5.26 Å². The van der Waals surface area contributed by atoms with Crippen molar-refractivity contribution in [2.45, 2.75) is 18.4 Å². The van der Waals surface area contributed by atoms with Gasteiger partial charge in [0.15, 0.2) is 0 Å². The molecule has 0 aliphatic carbocycles. The third-order valence-electron chi connectivity index (χ3n) is 3.41. The summed E-state index contributed by atoms with van der Waals surface area (Å²) in [6.07, 6.45) is 2.40. The van der Waals surface area contributed by atoms with Crippen molar-refractivity contribution in [2.24, 2.45) is 0 Å². The van der Waals surface area contributed by atoms with Crippen LogP contribution in [-0.2, 0) is 4.74 Å². The van der Waals surface area contributed by atoms with Crippen molar-refractivity contribution in [1.29, 1.82) is 5.26 Å². The standard InChI is InChI=1S/C14H17N3O3/c1-17(10-14(19)4-6-20-7-5-14)13(18)12-3-2-11(8-15)9-16-12/h2-3,9,19H,4-7,10H2,1H3. The van der Waals surface area contributed by atoms with E-state index >= 15 is 0 Å². The topological polar surface area (TPSA) is 86.5 Å². The number of nitrogens with zero attached hydrogens (tertiary/aromatic N) is 3. The number of amides is 1. The maximum Gasteiger partial charge on any atom is 0.272 e. The van der Waals surface area contributed by atoms with E-state index in [1.54, 1.807) is 13.1 Å². The largest absolute Gasteiger partial charge is 0.388 e. The van der Waals surface area contributed by atoms with E-state index in [4.69, 9.17) is 10.00 Å². The summed E-state index contributed by atoms with van der Waals surface area (Å²) >= 11 is 0. The van der Waals surface area contributed by atoms with Crippen LogP contribution in [0.2, 0.25) is 0 Å². The highest BCUT2D eigenvalue weighted by molar-refractivity contribution is 5.92. The molecule has 6 heteroatoms. The fourth-order valence-corrected chi connectivity index (χ4v) is 2.20. The van der Waals surface area contributed by atoms with E-state index < -0.39 is 5.60 Å². The molecular weight excluding hydrogens is 258 g/mol. The maximum absolute atomic E-state index is 12.2. The van der Waals surface area contributed by atoms with Gasteiger partial charge in [0.1, 0.15) is 11.8 Å². The molecule has 2 heterocycles. The lowest BCUT2D eigenvalue weighted by Crippen LogP contribution is -2.47. The fourth-order valence-electron chi connectivity index (χ4n) is 2.20. The van der Waals surface area contributed by atoms with Gasteiger partial charge in [0.2, 0.25) is 0 Å². The Bertz CT molecular complexity index is 515. The molecule has 0 unspecified atom stereocenters. The van der Waals surface area contributed by atoms with Crippen molar-refractivity contribution < 1.29 is 14.6 Å².